The van der Waals surface area contributed by atoms with Gasteiger partial charge in [-0.05, 0) is 24.8 Å². The quantitative estimate of drug-likeness (QED) is 0.761. The van der Waals surface area contributed by atoms with Crippen molar-refractivity contribution in [3.8, 4) is 0 Å². The van der Waals surface area contributed by atoms with Gasteiger partial charge in [0.2, 0.25) is 11.8 Å². The van der Waals surface area contributed by atoms with Crippen molar-refractivity contribution in [3.05, 3.63) is 23.8 Å². The number of rotatable bonds is 2. The van der Waals surface area contributed by atoms with Crippen LogP contribution in [0.2, 0.25) is 0 Å². The van der Waals surface area contributed by atoms with Gasteiger partial charge in [-0.3, -0.25) is 19.7 Å². The number of hydrogen-bond acceptors (Lipinski definition) is 3. The highest BCUT2D eigenvalue weighted by Gasteiger charge is 2.52. The molecule has 0 saturated carbocycles. The van der Waals surface area contributed by atoms with Crippen LogP contribution in [0, 0.1) is 5.92 Å². The molecule has 3 aliphatic rings. The molecule has 0 bridgehead atoms. The summed E-state index contributed by atoms with van der Waals surface area (Å²) >= 11 is 0. The maximum atomic E-state index is 12.6. The highest BCUT2D eigenvalue weighted by atomic mass is 16.2. The summed E-state index contributed by atoms with van der Waals surface area (Å²) in [4.78, 5) is 38.0. The highest BCUT2D eigenvalue weighted by Crippen LogP contribution is 2.39. The third kappa shape index (κ3) is 1.72. The Morgan fingerprint density at radius 2 is 2.20 bits per heavy atom. The van der Waals surface area contributed by atoms with E-state index < -0.39 is 5.54 Å². The molecule has 0 aromatic heterocycles. The molecular weight excluding hydrogens is 256 g/mol. The van der Waals surface area contributed by atoms with Crippen LogP contribution < -0.4 is 5.32 Å². The molecule has 0 aromatic rings. The molecule has 1 N–H and O–H groups in total. The minimum Gasteiger partial charge on any atom is -0.323 e. The minimum absolute atomic E-state index is 0.0203. The van der Waals surface area contributed by atoms with Gasteiger partial charge in [-0.2, -0.15) is 0 Å². The topological polar surface area (TPSA) is 66.5 Å². The summed E-state index contributed by atoms with van der Waals surface area (Å²) in [6, 6.07) is 0. The van der Waals surface area contributed by atoms with Crippen molar-refractivity contribution >= 4 is 17.7 Å². The van der Waals surface area contributed by atoms with E-state index in [1.165, 1.54) is 0 Å². The van der Waals surface area contributed by atoms with Gasteiger partial charge in [0, 0.05) is 13.0 Å². The number of fused-ring (bicyclic) bond motifs is 1. The number of imide groups is 1. The molecule has 5 heteroatoms. The minimum atomic E-state index is -0.858. The maximum Gasteiger partial charge on any atom is 0.252 e. The van der Waals surface area contributed by atoms with Crippen LogP contribution in [0.15, 0.2) is 23.8 Å². The summed E-state index contributed by atoms with van der Waals surface area (Å²) < 4.78 is 0. The van der Waals surface area contributed by atoms with Gasteiger partial charge in [0.15, 0.2) is 0 Å². The Hall–Kier alpha value is -1.91. The largest absolute Gasteiger partial charge is 0.323 e. The monoisotopic (exact) mass is 274 g/mol. The van der Waals surface area contributed by atoms with E-state index in [0.29, 0.717) is 32.2 Å². The molecule has 2 fully saturated rings. The molecule has 2 unspecified atom stereocenters. The van der Waals surface area contributed by atoms with Gasteiger partial charge in [-0.25, -0.2) is 0 Å². The zero-order valence-electron chi connectivity index (χ0n) is 11.5. The molecule has 106 valence electrons. The fraction of sp³-hybridized carbons (Fsp3) is 0.533. The van der Waals surface area contributed by atoms with Crippen LogP contribution in [-0.4, -0.2) is 34.7 Å². The molecule has 1 aliphatic carbocycles. The lowest BCUT2D eigenvalue weighted by Crippen LogP contribution is -2.63. The van der Waals surface area contributed by atoms with Crippen molar-refractivity contribution in [1.82, 2.24) is 10.2 Å². The summed E-state index contributed by atoms with van der Waals surface area (Å²) in [6.45, 7) is 2.40. The molecule has 0 spiro atoms. The number of allylic oxidation sites excluding steroid dienone is 3. The summed E-state index contributed by atoms with van der Waals surface area (Å²) in [6.07, 6.45) is 7.89. The Bertz CT molecular complexity index is 549. The van der Waals surface area contributed by atoms with Crippen molar-refractivity contribution in [2.75, 3.05) is 6.54 Å². The number of carbonyl (C=O) groups excluding carboxylic acids is 3. The van der Waals surface area contributed by atoms with E-state index >= 15 is 0 Å². The van der Waals surface area contributed by atoms with Crippen molar-refractivity contribution in [3.63, 3.8) is 0 Å². The first-order chi connectivity index (χ1) is 9.58. The van der Waals surface area contributed by atoms with Gasteiger partial charge in [-0.15, -0.1) is 0 Å². The van der Waals surface area contributed by atoms with E-state index in [2.05, 4.69) is 5.32 Å². The smallest absolute Gasteiger partial charge is 0.252 e. The lowest BCUT2D eigenvalue weighted by Gasteiger charge is -2.42. The van der Waals surface area contributed by atoms with Gasteiger partial charge in [0.05, 0.1) is 5.92 Å². The Balaban J connectivity index is 1.93. The Morgan fingerprint density at radius 3 is 2.85 bits per heavy atom. The van der Waals surface area contributed by atoms with E-state index in [-0.39, 0.29) is 23.6 Å². The summed E-state index contributed by atoms with van der Waals surface area (Å²) in [5, 5.41) is 2.39. The number of carbonyl (C=O) groups is 3. The first-order valence-electron chi connectivity index (χ1n) is 7.10. The van der Waals surface area contributed by atoms with E-state index in [1.807, 2.05) is 25.2 Å². The van der Waals surface area contributed by atoms with Crippen molar-refractivity contribution in [1.29, 1.82) is 0 Å². The lowest BCUT2D eigenvalue weighted by molar-refractivity contribution is -0.152. The number of nitrogens with one attached hydrogen (secondary N) is 1. The fourth-order valence-electron chi connectivity index (χ4n) is 3.43. The first-order valence-corrected chi connectivity index (χ1v) is 7.10. The first kappa shape index (κ1) is 13.1. The normalized spacial score (nSPS) is 33.0. The molecule has 3 rings (SSSR count). The van der Waals surface area contributed by atoms with Gasteiger partial charge in [0.1, 0.15) is 5.54 Å². The van der Waals surface area contributed by atoms with Gasteiger partial charge >= 0.3 is 0 Å². The van der Waals surface area contributed by atoms with E-state index in [1.54, 1.807) is 4.90 Å². The molecule has 3 amide bonds. The standard InChI is InChI=1S/C15H18N2O3/c1-2-15(8-7-12(18)16-14(15)20)17-9-10-5-3-4-6-11(10)13(17)19/h3-5,11H,2,6-9H2,1H3,(H,16,18,20). The average molecular weight is 274 g/mol. The molecule has 20 heavy (non-hydrogen) atoms. The zero-order chi connectivity index (χ0) is 14.3. The zero-order valence-corrected chi connectivity index (χ0v) is 11.5. The second-order valence-corrected chi connectivity index (χ2v) is 5.64. The van der Waals surface area contributed by atoms with Gasteiger partial charge < -0.3 is 4.90 Å². The third-order valence-electron chi connectivity index (χ3n) is 4.71. The molecule has 5 nitrogen and oxygen atoms in total. The van der Waals surface area contributed by atoms with E-state index in [0.717, 1.165) is 5.57 Å². The predicted octanol–water partition coefficient (Wildman–Crippen LogP) is 0.916. The number of likely N-dealkylation sites (tertiary alicyclic amines) is 1. The fourth-order valence-corrected chi connectivity index (χ4v) is 3.43. The molecule has 2 atom stereocenters. The molecule has 2 saturated heterocycles. The summed E-state index contributed by atoms with van der Waals surface area (Å²) in [5.41, 5.74) is 0.221. The van der Waals surface area contributed by atoms with Crippen molar-refractivity contribution in [2.45, 2.75) is 38.1 Å². The predicted molar refractivity (Wildman–Crippen MR) is 72.4 cm³/mol. The molecule has 2 aliphatic heterocycles. The Labute approximate surface area is 117 Å². The van der Waals surface area contributed by atoms with E-state index in [4.69, 9.17) is 0 Å². The average Bonchev–Trinajstić information content (AvgIpc) is 2.78. The maximum absolute atomic E-state index is 12.6. The number of piperidine rings is 1. The summed E-state index contributed by atoms with van der Waals surface area (Å²) in [5.74, 6) is -0.665. The number of amides is 3. The Kier molecular flexibility index (Phi) is 3.00. The molecular formula is C15H18N2O3. The van der Waals surface area contributed by atoms with Crippen molar-refractivity contribution in [2.24, 2.45) is 5.92 Å². The van der Waals surface area contributed by atoms with Gasteiger partial charge in [-0.1, -0.05) is 25.2 Å². The number of nitrogens with zero attached hydrogens (tertiary/aromatic N) is 1. The van der Waals surface area contributed by atoms with Gasteiger partial charge in [0.25, 0.3) is 5.91 Å². The van der Waals surface area contributed by atoms with Crippen LogP contribution >= 0.6 is 0 Å². The van der Waals surface area contributed by atoms with Crippen LogP contribution in [0.1, 0.15) is 32.6 Å². The summed E-state index contributed by atoms with van der Waals surface area (Å²) in [7, 11) is 0. The van der Waals surface area contributed by atoms with E-state index in [9.17, 15) is 14.4 Å². The van der Waals surface area contributed by atoms with Crippen LogP contribution in [0.4, 0.5) is 0 Å². The van der Waals surface area contributed by atoms with Crippen LogP contribution in [-0.2, 0) is 14.4 Å². The molecule has 0 radical (unpaired) electrons. The van der Waals surface area contributed by atoms with Crippen molar-refractivity contribution < 1.29 is 14.4 Å². The van der Waals surface area contributed by atoms with Crippen LogP contribution in [0.25, 0.3) is 0 Å². The highest BCUT2D eigenvalue weighted by molar-refractivity contribution is 6.05. The Morgan fingerprint density at radius 1 is 1.40 bits per heavy atom. The second kappa shape index (κ2) is 4.58. The third-order valence-corrected chi connectivity index (χ3v) is 4.71. The number of hydrogen-bond donors (Lipinski definition) is 1. The molecule has 2 heterocycles. The van der Waals surface area contributed by atoms with Crippen LogP contribution in [0.5, 0.6) is 0 Å². The SMILES string of the molecule is CCC1(N2CC3=CC=CCC3C2=O)CCC(=O)NC1=O. The second-order valence-electron chi connectivity index (χ2n) is 5.64. The lowest BCUT2D eigenvalue weighted by atomic mass is 9.84. The molecule has 0 aromatic carbocycles. The van der Waals surface area contributed by atoms with Crippen LogP contribution in [0.3, 0.4) is 0 Å².